The summed E-state index contributed by atoms with van der Waals surface area (Å²) in [6, 6.07) is 4.91. The number of halogens is 1. The highest BCUT2D eigenvalue weighted by Crippen LogP contribution is 2.25. The van der Waals surface area contributed by atoms with Crippen molar-refractivity contribution in [3.63, 3.8) is 0 Å². The lowest BCUT2D eigenvalue weighted by Gasteiger charge is -2.35. The van der Waals surface area contributed by atoms with Gasteiger partial charge in [-0.3, -0.25) is 0 Å². The maximum Gasteiger partial charge on any atom is 0.243 e. The molecule has 4 nitrogen and oxygen atoms in total. The zero-order chi connectivity index (χ0) is 14.0. The van der Waals surface area contributed by atoms with E-state index < -0.39 is 15.8 Å². The second-order valence-electron chi connectivity index (χ2n) is 4.86. The normalized spacial score (nSPS) is 25.4. The highest BCUT2D eigenvalue weighted by atomic mass is 32.2. The van der Waals surface area contributed by atoms with E-state index in [4.69, 9.17) is 4.74 Å². The predicted octanol–water partition coefficient (Wildman–Crippen LogP) is 1.87. The van der Waals surface area contributed by atoms with Crippen LogP contribution in [-0.2, 0) is 14.8 Å². The number of rotatable bonds is 3. The third kappa shape index (κ3) is 2.96. The van der Waals surface area contributed by atoms with Crippen LogP contribution in [0.15, 0.2) is 29.2 Å². The minimum Gasteiger partial charge on any atom is -0.380 e. The van der Waals surface area contributed by atoms with E-state index in [9.17, 15) is 12.8 Å². The molecule has 0 amide bonds. The average molecular weight is 287 g/mol. The molecule has 1 heterocycles. The summed E-state index contributed by atoms with van der Waals surface area (Å²) in [5.74, 6) is -0.106. The van der Waals surface area contributed by atoms with Crippen LogP contribution in [0.1, 0.15) is 13.3 Å². The Bertz CT molecular complexity index is 529. The number of piperidine rings is 1. The number of sulfonamides is 1. The second-order valence-corrected chi connectivity index (χ2v) is 6.80. The molecule has 0 spiro atoms. The molecule has 1 aliphatic rings. The summed E-state index contributed by atoms with van der Waals surface area (Å²) in [6.07, 6.45) is 0.669. The second kappa shape index (κ2) is 5.56. The summed E-state index contributed by atoms with van der Waals surface area (Å²) in [5.41, 5.74) is 0. The van der Waals surface area contributed by atoms with Gasteiger partial charge in [0.15, 0.2) is 0 Å². The van der Waals surface area contributed by atoms with Crippen molar-refractivity contribution in [3.05, 3.63) is 30.1 Å². The maximum atomic E-state index is 12.9. The molecule has 0 saturated carbocycles. The van der Waals surface area contributed by atoms with Crippen molar-refractivity contribution in [3.8, 4) is 0 Å². The summed E-state index contributed by atoms with van der Waals surface area (Å²) in [5, 5.41) is 0. The van der Waals surface area contributed by atoms with Crippen molar-refractivity contribution in [1.29, 1.82) is 0 Å². The fraction of sp³-hybridized carbons (Fsp3) is 0.538. The Hall–Kier alpha value is -0.980. The van der Waals surface area contributed by atoms with Gasteiger partial charge in [-0.05, 0) is 36.6 Å². The number of hydrogen-bond acceptors (Lipinski definition) is 3. The standard InChI is InChI=1S/C13H18FNO3S/c1-10-7-8-15(9-13(10)18-2)19(16,17)12-5-3-11(14)4-6-12/h3-6,10,13H,7-9H2,1-2H3. The molecule has 0 aliphatic carbocycles. The lowest BCUT2D eigenvalue weighted by Crippen LogP contribution is -2.46. The molecular formula is C13H18FNO3S. The molecule has 1 aromatic carbocycles. The number of methoxy groups -OCH3 is 1. The molecule has 0 bridgehead atoms. The zero-order valence-electron chi connectivity index (χ0n) is 11.0. The molecule has 1 aliphatic heterocycles. The van der Waals surface area contributed by atoms with Crippen molar-refractivity contribution < 1.29 is 17.5 Å². The topological polar surface area (TPSA) is 46.6 Å². The van der Waals surface area contributed by atoms with Crippen molar-refractivity contribution in [1.82, 2.24) is 4.31 Å². The van der Waals surface area contributed by atoms with Crippen LogP contribution in [0.25, 0.3) is 0 Å². The Morgan fingerprint density at radius 2 is 1.95 bits per heavy atom. The van der Waals surface area contributed by atoms with Gasteiger partial charge in [0.05, 0.1) is 11.0 Å². The first-order valence-electron chi connectivity index (χ1n) is 6.23. The van der Waals surface area contributed by atoms with Crippen molar-refractivity contribution in [2.75, 3.05) is 20.2 Å². The van der Waals surface area contributed by atoms with Crippen LogP contribution in [0.4, 0.5) is 4.39 Å². The van der Waals surface area contributed by atoms with Crippen molar-refractivity contribution in [2.45, 2.75) is 24.3 Å². The van der Waals surface area contributed by atoms with Gasteiger partial charge in [-0.15, -0.1) is 0 Å². The third-order valence-corrected chi connectivity index (χ3v) is 5.49. The highest BCUT2D eigenvalue weighted by molar-refractivity contribution is 7.89. The first-order chi connectivity index (χ1) is 8.95. The molecule has 2 rings (SSSR count). The molecule has 6 heteroatoms. The quantitative estimate of drug-likeness (QED) is 0.852. The van der Waals surface area contributed by atoms with Crippen molar-refractivity contribution in [2.24, 2.45) is 5.92 Å². The Kier molecular flexibility index (Phi) is 4.23. The van der Waals surface area contributed by atoms with Gasteiger partial charge in [0.2, 0.25) is 10.0 Å². The van der Waals surface area contributed by atoms with E-state index in [2.05, 4.69) is 6.92 Å². The maximum absolute atomic E-state index is 12.9. The summed E-state index contributed by atoms with van der Waals surface area (Å²) < 4.78 is 44.4. The lowest BCUT2D eigenvalue weighted by atomic mass is 9.97. The monoisotopic (exact) mass is 287 g/mol. The molecule has 2 atom stereocenters. The minimum atomic E-state index is -3.56. The van der Waals surface area contributed by atoms with E-state index in [0.29, 0.717) is 19.0 Å². The Morgan fingerprint density at radius 3 is 2.53 bits per heavy atom. The average Bonchev–Trinajstić information content (AvgIpc) is 2.39. The molecule has 2 unspecified atom stereocenters. The number of nitrogens with zero attached hydrogens (tertiary/aromatic N) is 1. The lowest BCUT2D eigenvalue weighted by molar-refractivity contribution is 0.0184. The first-order valence-corrected chi connectivity index (χ1v) is 7.67. The van der Waals surface area contributed by atoms with Gasteiger partial charge in [0.25, 0.3) is 0 Å². The van der Waals surface area contributed by atoms with Gasteiger partial charge in [0, 0.05) is 20.2 Å². The molecular weight excluding hydrogens is 269 g/mol. The van der Waals surface area contributed by atoms with Crippen LogP contribution < -0.4 is 0 Å². The zero-order valence-corrected chi connectivity index (χ0v) is 11.9. The van der Waals surface area contributed by atoms with Crippen molar-refractivity contribution >= 4 is 10.0 Å². The van der Waals surface area contributed by atoms with Gasteiger partial charge in [-0.25, -0.2) is 12.8 Å². The smallest absolute Gasteiger partial charge is 0.243 e. The van der Waals surface area contributed by atoms with E-state index in [-0.39, 0.29) is 11.0 Å². The van der Waals surface area contributed by atoms with E-state index in [1.165, 1.54) is 16.4 Å². The summed E-state index contributed by atoms with van der Waals surface area (Å²) in [6.45, 7) is 2.87. The van der Waals surface area contributed by atoms with Gasteiger partial charge in [0.1, 0.15) is 5.82 Å². The first kappa shape index (κ1) is 14.4. The van der Waals surface area contributed by atoms with Crippen LogP contribution in [-0.4, -0.2) is 39.0 Å². The molecule has 0 aromatic heterocycles. The molecule has 1 fully saturated rings. The number of hydrogen-bond donors (Lipinski definition) is 0. The molecule has 0 N–H and O–H groups in total. The summed E-state index contributed by atoms with van der Waals surface area (Å²) in [4.78, 5) is 0.123. The van der Waals surface area contributed by atoms with Crippen LogP contribution in [0.5, 0.6) is 0 Å². The molecule has 1 saturated heterocycles. The van der Waals surface area contributed by atoms with E-state index in [1.807, 2.05) is 0 Å². The van der Waals surface area contributed by atoms with Crippen LogP contribution in [0, 0.1) is 11.7 Å². The highest BCUT2D eigenvalue weighted by Gasteiger charge is 2.33. The van der Waals surface area contributed by atoms with Gasteiger partial charge >= 0.3 is 0 Å². The third-order valence-electron chi connectivity index (χ3n) is 3.61. The Labute approximate surface area is 113 Å². The van der Waals surface area contributed by atoms with E-state index in [0.717, 1.165) is 18.6 Å². The van der Waals surface area contributed by atoms with Gasteiger partial charge in [-0.2, -0.15) is 4.31 Å². The molecule has 19 heavy (non-hydrogen) atoms. The minimum absolute atomic E-state index is 0.0935. The fourth-order valence-corrected chi connectivity index (χ4v) is 3.75. The molecule has 106 valence electrons. The Morgan fingerprint density at radius 1 is 1.32 bits per heavy atom. The summed E-state index contributed by atoms with van der Waals surface area (Å²) >= 11 is 0. The summed E-state index contributed by atoms with van der Waals surface area (Å²) in [7, 11) is -1.97. The van der Waals surface area contributed by atoms with Crippen LogP contribution >= 0.6 is 0 Å². The van der Waals surface area contributed by atoms with Gasteiger partial charge < -0.3 is 4.74 Å². The SMILES string of the molecule is COC1CN(S(=O)(=O)c2ccc(F)cc2)CCC1C. The van der Waals surface area contributed by atoms with Crippen LogP contribution in [0.3, 0.4) is 0 Å². The number of ether oxygens (including phenoxy) is 1. The predicted molar refractivity (Wildman–Crippen MR) is 69.7 cm³/mol. The number of benzene rings is 1. The molecule has 1 aromatic rings. The van der Waals surface area contributed by atoms with E-state index >= 15 is 0 Å². The molecule has 0 radical (unpaired) electrons. The van der Waals surface area contributed by atoms with Gasteiger partial charge in [-0.1, -0.05) is 6.92 Å². The largest absolute Gasteiger partial charge is 0.380 e. The fourth-order valence-electron chi connectivity index (χ4n) is 2.29. The van der Waals surface area contributed by atoms with E-state index in [1.54, 1.807) is 7.11 Å². The Balaban J connectivity index is 2.23. The van der Waals surface area contributed by atoms with Crippen LogP contribution in [0.2, 0.25) is 0 Å².